The van der Waals surface area contributed by atoms with Crippen LogP contribution in [0.1, 0.15) is 36.5 Å². The van der Waals surface area contributed by atoms with Crippen LogP contribution in [-0.2, 0) is 37.7 Å². The first-order valence-electron chi connectivity index (χ1n) is 15.2. The van der Waals surface area contributed by atoms with Crippen LogP contribution >= 0.6 is 0 Å². The van der Waals surface area contributed by atoms with Gasteiger partial charge in [0, 0.05) is 47.9 Å². The normalized spacial score (nSPS) is 24.3. The molecule has 4 atom stereocenters. The van der Waals surface area contributed by atoms with Gasteiger partial charge in [0.05, 0.1) is 24.8 Å². The van der Waals surface area contributed by atoms with Crippen molar-refractivity contribution in [2.45, 2.75) is 63.1 Å². The second-order valence-electron chi connectivity index (χ2n) is 12.6. The number of nitrogens with one attached hydrogen (secondary N) is 1. The number of fused-ring (bicyclic) bond motifs is 3. The van der Waals surface area contributed by atoms with Crippen LogP contribution in [0.5, 0.6) is 0 Å². The molecule has 0 aromatic heterocycles. The van der Waals surface area contributed by atoms with Gasteiger partial charge in [0.15, 0.2) is 13.9 Å². The summed E-state index contributed by atoms with van der Waals surface area (Å²) in [4.78, 5) is 55.7. The van der Waals surface area contributed by atoms with Gasteiger partial charge >= 0.3 is 0 Å². The van der Waals surface area contributed by atoms with Crippen molar-refractivity contribution >= 4 is 43.1 Å². The molecule has 0 aliphatic carbocycles. The minimum Gasteiger partial charge on any atom is -0.432 e. The summed E-state index contributed by atoms with van der Waals surface area (Å²) in [7, 11) is -2.98. The average Bonchev–Trinajstić information content (AvgIpc) is 3.45. The molecule has 3 aliphatic rings. The molecule has 1 fully saturated rings. The zero-order valence-electron chi connectivity index (χ0n) is 25.3. The topological polar surface area (TPSA) is 119 Å². The van der Waals surface area contributed by atoms with Gasteiger partial charge in [-0.15, -0.1) is 0 Å². The number of nitrogens with zero attached hydrogens (tertiary/aromatic N) is 2. The molecule has 3 heterocycles. The lowest BCUT2D eigenvalue weighted by Crippen LogP contribution is -2.44. The molecule has 3 amide bonds. The lowest BCUT2D eigenvalue weighted by molar-refractivity contribution is -0.148. The van der Waals surface area contributed by atoms with Gasteiger partial charge in [0.2, 0.25) is 11.8 Å². The van der Waals surface area contributed by atoms with Crippen molar-refractivity contribution in [3.63, 3.8) is 0 Å². The number of hydrogen-bond donors (Lipinski definition) is 3. The second kappa shape index (κ2) is 11.6. The Morgan fingerprint density at radius 1 is 1.07 bits per heavy atom. The van der Waals surface area contributed by atoms with Crippen LogP contribution in [-0.4, -0.2) is 60.1 Å². The number of carbonyl (C=O) groups excluding carboxylic acids is 3. The largest absolute Gasteiger partial charge is 0.432 e. The molecule has 3 aromatic carbocycles. The highest BCUT2D eigenvalue weighted by Crippen LogP contribution is 2.59. The third-order valence-corrected chi connectivity index (χ3v) is 11.9. The van der Waals surface area contributed by atoms with E-state index < -0.39 is 31.5 Å². The monoisotopic (exact) mass is 613 g/mol. The smallest absolute Gasteiger partial charge is 0.261 e. The molecule has 0 bridgehead atoms. The van der Waals surface area contributed by atoms with Crippen LogP contribution in [0.15, 0.2) is 72.8 Å². The SMILES string of the molecule is C[C@H]1[C@H]([Si](C)(C)O)[C@@H](CC(=O)N(CCO)Cc2ccccc2)O[C@]12C(=O)Nc1ccc(N3C(=O)CCc4ccccc43)cc12. The van der Waals surface area contributed by atoms with Gasteiger partial charge in [-0.25, -0.2) is 0 Å². The van der Waals surface area contributed by atoms with E-state index in [0.29, 0.717) is 36.3 Å². The summed E-state index contributed by atoms with van der Waals surface area (Å²) in [6.07, 6.45) is 0.290. The summed E-state index contributed by atoms with van der Waals surface area (Å²) in [5.74, 6) is -1.03. The lowest BCUT2D eigenvalue weighted by Gasteiger charge is -2.33. The number of para-hydroxylation sites is 1. The molecule has 6 rings (SSSR count). The Kier molecular flexibility index (Phi) is 7.96. The highest BCUT2D eigenvalue weighted by atomic mass is 28.4. The molecule has 0 unspecified atom stereocenters. The van der Waals surface area contributed by atoms with Crippen LogP contribution in [0.3, 0.4) is 0 Å². The summed E-state index contributed by atoms with van der Waals surface area (Å²) >= 11 is 0. The van der Waals surface area contributed by atoms with E-state index in [1.807, 2.05) is 86.7 Å². The van der Waals surface area contributed by atoms with Gasteiger partial charge in [0.25, 0.3) is 5.91 Å². The molecule has 44 heavy (non-hydrogen) atoms. The van der Waals surface area contributed by atoms with E-state index in [0.717, 1.165) is 16.8 Å². The Morgan fingerprint density at radius 2 is 1.80 bits per heavy atom. The number of aliphatic hydroxyl groups excluding tert-OH is 1. The van der Waals surface area contributed by atoms with E-state index in [1.165, 1.54) is 0 Å². The van der Waals surface area contributed by atoms with Gasteiger partial charge in [-0.1, -0.05) is 55.5 Å². The zero-order valence-corrected chi connectivity index (χ0v) is 26.3. The number of rotatable bonds is 8. The molecule has 0 radical (unpaired) electrons. The fourth-order valence-corrected chi connectivity index (χ4v) is 10.0. The number of anilines is 3. The molecule has 3 aromatic rings. The van der Waals surface area contributed by atoms with Gasteiger partial charge in [-0.2, -0.15) is 0 Å². The number of carbonyl (C=O) groups is 3. The minimum absolute atomic E-state index is 0.0250. The molecular formula is C34H39N3O6Si. The van der Waals surface area contributed by atoms with Crippen LogP contribution in [0, 0.1) is 5.92 Å². The number of aryl methyl sites for hydroxylation is 1. The third-order valence-electron chi connectivity index (χ3n) is 9.39. The maximum absolute atomic E-state index is 13.9. The Bertz CT molecular complexity index is 1590. The molecule has 9 nitrogen and oxygen atoms in total. The molecule has 3 aliphatic heterocycles. The number of aliphatic hydroxyl groups is 1. The number of ether oxygens (including phenoxy) is 1. The number of benzene rings is 3. The Balaban J connectivity index is 1.36. The first-order chi connectivity index (χ1) is 21.0. The van der Waals surface area contributed by atoms with Crippen molar-refractivity contribution in [3.05, 3.63) is 89.5 Å². The van der Waals surface area contributed by atoms with E-state index in [9.17, 15) is 24.3 Å². The van der Waals surface area contributed by atoms with E-state index in [-0.39, 0.29) is 37.3 Å². The van der Waals surface area contributed by atoms with Crippen molar-refractivity contribution in [3.8, 4) is 0 Å². The number of hydrogen-bond acceptors (Lipinski definition) is 6. The van der Waals surface area contributed by atoms with Gasteiger partial charge in [0.1, 0.15) is 0 Å². The van der Waals surface area contributed by atoms with E-state index in [1.54, 1.807) is 15.9 Å². The van der Waals surface area contributed by atoms with Crippen LogP contribution in [0.25, 0.3) is 0 Å². The maximum atomic E-state index is 13.9. The van der Waals surface area contributed by atoms with Crippen LogP contribution < -0.4 is 10.2 Å². The summed E-state index contributed by atoms with van der Waals surface area (Å²) in [5.41, 5.74) is 2.81. The highest BCUT2D eigenvalue weighted by molar-refractivity contribution is 6.71. The first kappa shape index (κ1) is 30.2. The summed E-state index contributed by atoms with van der Waals surface area (Å²) in [5, 5.41) is 12.7. The van der Waals surface area contributed by atoms with Crippen molar-refractivity contribution < 1.29 is 29.0 Å². The molecule has 3 N–H and O–H groups in total. The zero-order chi connectivity index (χ0) is 31.2. The molecular weight excluding hydrogens is 574 g/mol. The quantitative estimate of drug-likeness (QED) is 0.323. The molecule has 1 saturated heterocycles. The standard InChI is InChI=1S/C34H39N3O6Si/c1-22-32(44(2,3)42)29(20-31(40)36(17-18-38)21-23-9-5-4-6-10-23)43-34(22)26-19-25(14-15-27(26)35-33(34)41)37-28-12-8-7-11-24(28)13-16-30(37)39/h4-12,14-15,19,22,29,32,38,42H,13,16-18,20-21H2,1-3H3,(H,35,41)/t22-,29+,32-,34+/m0/s1. The fourth-order valence-electron chi connectivity index (χ4n) is 7.45. The fraction of sp³-hybridized carbons (Fsp3) is 0.382. The van der Waals surface area contributed by atoms with E-state index in [2.05, 4.69) is 5.32 Å². The van der Waals surface area contributed by atoms with Crippen LogP contribution in [0.2, 0.25) is 18.6 Å². The molecule has 10 heteroatoms. The third kappa shape index (κ3) is 5.15. The van der Waals surface area contributed by atoms with Crippen molar-refractivity contribution in [2.24, 2.45) is 5.92 Å². The van der Waals surface area contributed by atoms with Gasteiger partial charge < -0.3 is 24.9 Å². The van der Waals surface area contributed by atoms with Gasteiger partial charge in [-0.05, 0) is 54.9 Å². The Hall–Kier alpha value is -3.83. The predicted octanol–water partition coefficient (Wildman–Crippen LogP) is 4.46. The highest BCUT2D eigenvalue weighted by Gasteiger charge is 2.65. The van der Waals surface area contributed by atoms with Crippen molar-refractivity contribution in [1.29, 1.82) is 0 Å². The Morgan fingerprint density at radius 3 is 2.52 bits per heavy atom. The van der Waals surface area contributed by atoms with Gasteiger partial charge in [-0.3, -0.25) is 19.3 Å². The number of amides is 3. The van der Waals surface area contributed by atoms with E-state index in [4.69, 9.17) is 4.74 Å². The molecule has 0 saturated carbocycles. The van der Waals surface area contributed by atoms with Crippen molar-refractivity contribution in [1.82, 2.24) is 4.90 Å². The summed E-state index contributed by atoms with van der Waals surface area (Å²) < 4.78 is 6.74. The molecule has 230 valence electrons. The lowest BCUT2D eigenvalue weighted by atomic mass is 9.82. The minimum atomic E-state index is -2.98. The summed E-state index contributed by atoms with van der Waals surface area (Å²) in [6.45, 7) is 5.84. The summed E-state index contributed by atoms with van der Waals surface area (Å²) in [6, 6.07) is 22.9. The van der Waals surface area contributed by atoms with Crippen molar-refractivity contribution in [2.75, 3.05) is 23.4 Å². The second-order valence-corrected chi connectivity index (χ2v) is 16.6. The van der Waals surface area contributed by atoms with E-state index >= 15 is 0 Å². The Labute approximate surface area is 258 Å². The predicted molar refractivity (Wildman–Crippen MR) is 170 cm³/mol. The first-order valence-corrected chi connectivity index (χ1v) is 18.3. The molecule has 1 spiro atoms. The maximum Gasteiger partial charge on any atom is 0.261 e. The van der Waals surface area contributed by atoms with Crippen LogP contribution in [0.4, 0.5) is 17.1 Å². The average molecular weight is 614 g/mol.